The van der Waals surface area contributed by atoms with Crippen LogP contribution in [0.2, 0.25) is 0 Å². The van der Waals surface area contributed by atoms with Crippen molar-refractivity contribution in [2.24, 2.45) is 0 Å². The maximum absolute atomic E-state index is 13.0. The van der Waals surface area contributed by atoms with Gasteiger partial charge in [0.2, 0.25) is 5.91 Å². The Labute approximate surface area is 414 Å². The fraction of sp³-hybridized carbons (Fsp3) is 0.644. The molecule has 1 rings (SSSR count). The molecule has 0 spiro atoms. The van der Waals surface area contributed by atoms with Gasteiger partial charge in [-0.3, -0.25) is 4.79 Å². The molecule has 0 aliphatic carbocycles. The summed E-state index contributed by atoms with van der Waals surface area (Å²) in [5.74, 6) is -0.196. The molecule has 7 atom stereocenters. The molecule has 1 saturated heterocycles. The molecule has 1 aliphatic rings. The molecule has 0 aromatic carbocycles. The van der Waals surface area contributed by atoms with Crippen LogP contribution in [-0.4, -0.2) is 87.5 Å². The standard InChI is InChI=1S/C59H97NO8/c1-3-5-7-9-11-13-15-16-17-18-19-20-21-22-23-24-25-26-27-28-29-30-31-32-33-34-35-36-37-38-39-41-43-45-47-49-55(63)60-52(51-67-59-58(66)57(65)56(64)54(50-61)68-59)53(62)48-46-44-42-40-14-12-10-8-6-4-2/h5,7,11,13,16-17,19-20,22-23,25-26,28-29,31-32,34-35,46,48,52-54,56-59,61-62,64-66H,3-4,6,8-10,12,14-15,18,21,24,27,30,33,36-45,47,49-51H2,1-2H3,(H,60,63)/b7-5-,13-11-,17-16-,20-19-,23-22-,26-25-,29-28-,32-31-,35-34-,48-46+. The second kappa shape index (κ2) is 47.3. The zero-order valence-electron chi connectivity index (χ0n) is 42.6. The van der Waals surface area contributed by atoms with Crippen LogP contribution in [0.15, 0.2) is 122 Å². The lowest BCUT2D eigenvalue weighted by atomic mass is 9.99. The summed E-state index contributed by atoms with van der Waals surface area (Å²) < 4.78 is 11.2. The van der Waals surface area contributed by atoms with Gasteiger partial charge in [0.25, 0.3) is 0 Å². The van der Waals surface area contributed by atoms with E-state index in [1.807, 2.05) is 6.08 Å². The number of hydrogen-bond donors (Lipinski definition) is 6. The highest BCUT2D eigenvalue weighted by atomic mass is 16.7. The molecular weight excluding hydrogens is 851 g/mol. The van der Waals surface area contributed by atoms with E-state index in [1.54, 1.807) is 6.08 Å². The number of allylic oxidation sites excluding steroid dienone is 19. The number of carbonyl (C=O) groups excluding carboxylic acids is 1. The van der Waals surface area contributed by atoms with Crippen LogP contribution in [0.5, 0.6) is 0 Å². The number of nitrogens with one attached hydrogen (secondary N) is 1. The Morgan fingerprint density at radius 3 is 1.35 bits per heavy atom. The quantitative estimate of drug-likeness (QED) is 0.0261. The Bertz CT molecular complexity index is 1470. The van der Waals surface area contributed by atoms with E-state index in [4.69, 9.17) is 9.47 Å². The van der Waals surface area contributed by atoms with E-state index in [2.05, 4.69) is 129 Å². The second-order valence-electron chi connectivity index (χ2n) is 17.9. The van der Waals surface area contributed by atoms with Gasteiger partial charge in [-0.15, -0.1) is 0 Å². The Kier molecular flexibility index (Phi) is 43.5. The molecule has 1 fully saturated rings. The maximum Gasteiger partial charge on any atom is 0.220 e. The maximum atomic E-state index is 13.0. The summed E-state index contributed by atoms with van der Waals surface area (Å²) in [6, 6.07) is -0.818. The zero-order chi connectivity index (χ0) is 49.4. The number of hydrogen-bond acceptors (Lipinski definition) is 8. The van der Waals surface area contributed by atoms with Crippen molar-refractivity contribution in [1.29, 1.82) is 0 Å². The van der Waals surface area contributed by atoms with Crippen molar-refractivity contribution in [3.63, 3.8) is 0 Å². The van der Waals surface area contributed by atoms with Gasteiger partial charge in [-0.05, 0) is 89.9 Å². The molecule has 386 valence electrons. The molecule has 0 aromatic rings. The summed E-state index contributed by atoms with van der Waals surface area (Å²) in [6.45, 7) is 3.61. The van der Waals surface area contributed by atoms with Gasteiger partial charge >= 0.3 is 0 Å². The first-order valence-corrected chi connectivity index (χ1v) is 26.8. The van der Waals surface area contributed by atoms with Gasteiger partial charge in [0.15, 0.2) is 6.29 Å². The van der Waals surface area contributed by atoms with E-state index in [9.17, 15) is 30.3 Å². The van der Waals surface area contributed by atoms with E-state index in [-0.39, 0.29) is 12.5 Å². The lowest BCUT2D eigenvalue weighted by Gasteiger charge is -2.40. The summed E-state index contributed by atoms with van der Waals surface area (Å²) >= 11 is 0. The molecule has 1 heterocycles. The molecule has 9 heteroatoms. The summed E-state index contributed by atoms with van der Waals surface area (Å²) in [6.07, 6.45) is 64.1. The predicted octanol–water partition coefficient (Wildman–Crippen LogP) is 12.8. The molecule has 0 radical (unpaired) electrons. The molecule has 0 aromatic heterocycles. The normalized spacial score (nSPS) is 20.6. The number of carbonyl (C=O) groups is 1. The van der Waals surface area contributed by atoms with Crippen LogP contribution in [0.25, 0.3) is 0 Å². The Hall–Kier alpha value is -3.41. The molecule has 1 aliphatic heterocycles. The first-order chi connectivity index (χ1) is 33.3. The van der Waals surface area contributed by atoms with Gasteiger partial charge in [-0.1, -0.05) is 212 Å². The Balaban J connectivity index is 2.19. The van der Waals surface area contributed by atoms with E-state index >= 15 is 0 Å². The number of ether oxygens (including phenoxy) is 2. The molecule has 0 bridgehead atoms. The highest BCUT2D eigenvalue weighted by Crippen LogP contribution is 2.22. The zero-order valence-corrected chi connectivity index (χ0v) is 42.6. The first kappa shape index (κ1) is 62.6. The molecule has 9 nitrogen and oxygen atoms in total. The Morgan fingerprint density at radius 2 is 0.912 bits per heavy atom. The van der Waals surface area contributed by atoms with Gasteiger partial charge in [0.05, 0.1) is 25.4 Å². The van der Waals surface area contributed by atoms with Crippen molar-refractivity contribution in [2.75, 3.05) is 13.2 Å². The largest absolute Gasteiger partial charge is 0.394 e. The average Bonchev–Trinajstić information content (AvgIpc) is 3.34. The van der Waals surface area contributed by atoms with Gasteiger partial charge in [0, 0.05) is 6.42 Å². The summed E-state index contributed by atoms with van der Waals surface area (Å²) in [4.78, 5) is 13.0. The summed E-state index contributed by atoms with van der Waals surface area (Å²) in [7, 11) is 0. The monoisotopic (exact) mass is 948 g/mol. The minimum atomic E-state index is -1.57. The number of aliphatic hydroxyl groups excluding tert-OH is 5. The lowest BCUT2D eigenvalue weighted by molar-refractivity contribution is -0.302. The molecule has 6 N–H and O–H groups in total. The van der Waals surface area contributed by atoms with Gasteiger partial charge in [-0.25, -0.2) is 0 Å². The van der Waals surface area contributed by atoms with Crippen molar-refractivity contribution in [3.8, 4) is 0 Å². The highest BCUT2D eigenvalue weighted by molar-refractivity contribution is 5.76. The third-order valence-corrected chi connectivity index (χ3v) is 11.8. The fourth-order valence-electron chi connectivity index (χ4n) is 7.56. The van der Waals surface area contributed by atoms with Crippen LogP contribution in [0.1, 0.15) is 187 Å². The smallest absolute Gasteiger partial charge is 0.220 e. The lowest BCUT2D eigenvalue weighted by Crippen LogP contribution is -2.60. The van der Waals surface area contributed by atoms with E-state index < -0.39 is 49.5 Å². The van der Waals surface area contributed by atoms with Crippen molar-refractivity contribution in [1.82, 2.24) is 5.32 Å². The third kappa shape index (κ3) is 36.6. The second-order valence-corrected chi connectivity index (χ2v) is 17.9. The minimum Gasteiger partial charge on any atom is -0.394 e. The van der Waals surface area contributed by atoms with Crippen LogP contribution in [-0.2, 0) is 14.3 Å². The first-order valence-electron chi connectivity index (χ1n) is 26.8. The molecule has 1 amide bonds. The number of aliphatic hydroxyl groups is 5. The molecule has 7 unspecified atom stereocenters. The van der Waals surface area contributed by atoms with Crippen LogP contribution < -0.4 is 5.32 Å². The molecule has 0 saturated carbocycles. The van der Waals surface area contributed by atoms with Crippen molar-refractivity contribution in [2.45, 2.75) is 230 Å². The van der Waals surface area contributed by atoms with Gasteiger partial charge < -0.3 is 40.3 Å². The summed E-state index contributed by atoms with van der Waals surface area (Å²) in [5, 5.41) is 54.2. The topological polar surface area (TPSA) is 149 Å². The van der Waals surface area contributed by atoms with E-state index in [1.165, 1.54) is 57.8 Å². The van der Waals surface area contributed by atoms with Crippen molar-refractivity contribution in [3.05, 3.63) is 122 Å². The number of amides is 1. The van der Waals surface area contributed by atoms with E-state index in [0.29, 0.717) is 6.42 Å². The van der Waals surface area contributed by atoms with E-state index in [0.717, 1.165) is 109 Å². The van der Waals surface area contributed by atoms with Gasteiger partial charge in [-0.2, -0.15) is 0 Å². The SMILES string of the molecule is CC/C=C\C/C=C\C/C=C\C/C=C\C/C=C\C/C=C\C/C=C\C/C=C\C/C=C\CCCCCCCCCC(=O)NC(COC1OC(CO)C(O)C(O)C1O)C(O)/C=C/CCCCCCCCCC. The van der Waals surface area contributed by atoms with Crippen LogP contribution in [0.4, 0.5) is 0 Å². The highest BCUT2D eigenvalue weighted by Gasteiger charge is 2.44. The fourth-order valence-corrected chi connectivity index (χ4v) is 7.56. The van der Waals surface area contributed by atoms with Crippen LogP contribution >= 0.6 is 0 Å². The third-order valence-electron chi connectivity index (χ3n) is 11.8. The predicted molar refractivity (Wildman–Crippen MR) is 285 cm³/mol. The average molecular weight is 948 g/mol. The van der Waals surface area contributed by atoms with Crippen molar-refractivity contribution < 1.29 is 39.8 Å². The number of unbranched alkanes of at least 4 members (excludes halogenated alkanes) is 15. The van der Waals surface area contributed by atoms with Gasteiger partial charge in [0.1, 0.15) is 24.4 Å². The molecule has 68 heavy (non-hydrogen) atoms. The number of rotatable bonds is 43. The minimum absolute atomic E-state index is 0.196. The van der Waals surface area contributed by atoms with Crippen molar-refractivity contribution >= 4 is 5.91 Å². The van der Waals surface area contributed by atoms with Crippen LogP contribution in [0, 0.1) is 0 Å². The molecular formula is C59H97NO8. The van der Waals surface area contributed by atoms with Crippen LogP contribution in [0.3, 0.4) is 0 Å². The Morgan fingerprint density at radius 1 is 0.515 bits per heavy atom. The summed E-state index contributed by atoms with van der Waals surface area (Å²) in [5.41, 5.74) is 0.